The summed E-state index contributed by atoms with van der Waals surface area (Å²) in [4.78, 5) is 13.8. The number of nitrogens with zero attached hydrogens (tertiary/aromatic N) is 4. The average molecular weight is 290 g/mol. The molecule has 5 heteroatoms. The van der Waals surface area contributed by atoms with Gasteiger partial charge in [-0.3, -0.25) is 14.9 Å². The minimum Gasteiger partial charge on any atom is -0.349 e. The van der Waals surface area contributed by atoms with Crippen molar-refractivity contribution in [3.05, 3.63) is 30.1 Å². The van der Waals surface area contributed by atoms with E-state index >= 15 is 0 Å². The number of aromatic nitrogens is 1. The van der Waals surface area contributed by atoms with Gasteiger partial charge in [-0.1, -0.05) is 17.8 Å². The van der Waals surface area contributed by atoms with Crippen molar-refractivity contribution in [2.24, 2.45) is 4.99 Å². The Labute approximate surface area is 125 Å². The standard InChI is InChI=1S/C15H22N4S/c1-15(2)12-17-14(20-15)19-8-6-18(7-9-19)11-13-4-3-5-16-10-13/h3-5,10H,6-9,11-12H2,1-2H3. The van der Waals surface area contributed by atoms with Gasteiger partial charge in [0.05, 0.1) is 6.54 Å². The third-order valence-electron chi connectivity index (χ3n) is 3.73. The summed E-state index contributed by atoms with van der Waals surface area (Å²) in [7, 11) is 0. The lowest BCUT2D eigenvalue weighted by atomic mass is 10.2. The summed E-state index contributed by atoms with van der Waals surface area (Å²) in [5.74, 6) is 0. The van der Waals surface area contributed by atoms with Gasteiger partial charge in [0.1, 0.15) is 0 Å². The molecule has 0 saturated carbocycles. The lowest BCUT2D eigenvalue weighted by molar-refractivity contribution is 0.177. The molecule has 2 aliphatic heterocycles. The van der Waals surface area contributed by atoms with Gasteiger partial charge in [-0.25, -0.2) is 0 Å². The molecule has 0 aromatic carbocycles. The predicted octanol–water partition coefficient (Wildman–Crippen LogP) is 2.08. The predicted molar refractivity (Wildman–Crippen MR) is 85.1 cm³/mol. The van der Waals surface area contributed by atoms with Crippen molar-refractivity contribution in [2.75, 3.05) is 32.7 Å². The number of aliphatic imine (C=N–C) groups is 1. The summed E-state index contributed by atoms with van der Waals surface area (Å²) >= 11 is 1.93. The van der Waals surface area contributed by atoms with Crippen LogP contribution in [-0.4, -0.2) is 57.4 Å². The van der Waals surface area contributed by atoms with Crippen LogP contribution in [0.25, 0.3) is 0 Å². The molecule has 0 amide bonds. The quantitative estimate of drug-likeness (QED) is 0.834. The molecule has 1 aromatic heterocycles. The van der Waals surface area contributed by atoms with Gasteiger partial charge in [0.25, 0.3) is 0 Å². The Morgan fingerprint density at radius 2 is 2.05 bits per heavy atom. The largest absolute Gasteiger partial charge is 0.349 e. The van der Waals surface area contributed by atoms with Crippen molar-refractivity contribution in [3.63, 3.8) is 0 Å². The first-order valence-electron chi connectivity index (χ1n) is 7.22. The fourth-order valence-corrected chi connectivity index (χ4v) is 3.65. The second kappa shape index (κ2) is 5.74. The molecule has 3 heterocycles. The minimum atomic E-state index is 0.280. The molecule has 0 radical (unpaired) electrons. The highest BCUT2D eigenvalue weighted by Crippen LogP contribution is 2.33. The SMILES string of the molecule is CC1(C)CN=C(N2CCN(Cc3cccnc3)CC2)S1. The van der Waals surface area contributed by atoms with E-state index in [9.17, 15) is 0 Å². The molecule has 0 atom stereocenters. The highest BCUT2D eigenvalue weighted by Gasteiger charge is 2.31. The zero-order valence-electron chi connectivity index (χ0n) is 12.2. The van der Waals surface area contributed by atoms with Gasteiger partial charge in [0.2, 0.25) is 0 Å². The number of rotatable bonds is 2. The lowest BCUT2D eigenvalue weighted by Gasteiger charge is -2.36. The first-order chi connectivity index (χ1) is 9.62. The van der Waals surface area contributed by atoms with Gasteiger partial charge in [-0.05, 0) is 25.5 Å². The Hall–Kier alpha value is -1.07. The van der Waals surface area contributed by atoms with Crippen LogP contribution in [0.1, 0.15) is 19.4 Å². The van der Waals surface area contributed by atoms with E-state index < -0.39 is 0 Å². The Balaban J connectivity index is 1.50. The van der Waals surface area contributed by atoms with E-state index in [2.05, 4.69) is 34.7 Å². The molecule has 4 nitrogen and oxygen atoms in total. The summed E-state index contributed by atoms with van der Waals surface area (Å²) in [5.41, 5.74) is 1.30. The molecule has 0 spiro atoms. The van der Waals surface area contributed by atoms with Gasteiger partial charge in [-0.2, -0.15) is 0 Å². The average Bonchev–Trinajstić information content (AvgIpc) is 2.81. The summed E-state index contributed by atoms with van der Waals surface area (Å²) < 4.78 is 0.280. The Morgan fingerprint density at radius 1 is 1.25 bits per heavy atom. The van der Waals surface area contributed by atoms with Gasteiger partial charge in [0, 0.05) is 49.9 Å². The molecule has 2 aliphatic rings. The van der Waals surface area contributed by atoms with Crippen LogP contribution < -0.4 is 0 Å². The molecular formula is C15H22N4S. The van der Waals surface area contributed by atoms with Crippen molar-refractivity contribution in [3.8, 4) is 0 Å². The fraction of sp³-hybridized carbons (Fsp3) is 0.600. The van der Waals surface area contributed by atoms with E-state index in [0.29, 0.717) is 0 Å². The summed E-state index contributed by atoms with van der Waals surface area (Å²) in [5, 5.41) is 1.25. The maximum atomic E-state index is 4.70. The van der Waals surface area contributed by atoms with Crippen LogP contribution in [0, 0.1) is 0 Å². The van der Waals surface area contributed by atoms with Crippen LogP contribution in [0.15, 0.2) is 29.5 Å². The topological polar surface area (TPSA) is 31.7 Å². The first-order valence-corrected chi connectivity index (χ1v) is 8.04. The highest BCUT2D eigenvalue weighted by molar-refractivity contribution is 8.15. The van der Waals surface area contributed by atoms with Crippen molar-refractivity contribution in [2.45, 2.75) is 25.1 Å². The van der Waals surface area contributed by atoms with Crippen LogP contribution >= 0.6 is 11.8 Å². The van der Waals surface area contributed by atoms with E-state index in [1.807, 2.05) is 30.2 Å². The van der Waals surface area contributed by atoms with Crippen LogP contribution in [-0.2, 0) is 6.54 Å². The van der Waals surface area contributed by atoms with Crippen LogP contribution in [0.4, 0.5) is 0 Å². The summed E-state index contributed by atoms with van der Waals surface area (Å²) in [6.45, 7) is 10.9. The smallest absolute Gasteiger partial charge is 0.159 e. The molecule has 20 heavy (non-hydrogen) atoms. The molecule has 108 valence electrons. The fourth-order valence-electron chi connectivity index (χ4n) is 2.58. The van der Waals surface area contributed by atoms with Crippen LogP contribution in [0.2, 0.25) is 0 Å². The number of pyridine rings is 1. The first kappa shape index (κ1) is 13.9. The molecule has 3 rings (SSSR count). The van der Waals surface area contributed by atoms with Crippen LogP contribution in [0.3, 0.4) is 0 Å². The van der Waals surface area contributed by atoms with E-state index in [1.54, 1.807) is 0 Å². The van der Waals surface area contributed by atoms with Crippen molar-refractivity contribution in [1.29, 1.82) is 0 Å². The van der Waals surface area contributed by atoms with Gasteiger partial charge >= 0.3 is 0 Å². The van der Waals surface area contributed by atoms with Crippen molar-refractivity contribution < 1.29 is 0 Å². The van der Waals surface area contributed by atoms with Gasteiger partial charge in [-0.15, -0.1) is 0 Å². The van der Waals surface area contributed by atoms with Crippen LogP contribution in [0.5, 0.6) is 0 Å². The van der Waals surface area contributed by atoms with E-state index in [4.69, 9.17) is 4.99 Å². The molecule has 1 aromatic rings. The Kier molecular flexibility index (Phi) is 3.98. The monoisotopic (exact) mass is 290 g/mol. The Bertz CT molecular complexity index is 478. The number of amidine groups is 1. The van der Waals surface area contributed by atoms with Gasteiger partial charge in [0.15, 0.2) is 5.17 Å². The number of hydrogen-bond acceptors (Lipinski definition) is 5. The number of piperazine rings is 1. The van der Waals surface area contributed by atoms with Gasteiger partial charge < -0.3 is 4.90 Å². The molecule has 0 unspecified atom stereocenters. The maximum Gasteiger partial charge on any atom is 0.159 e. The van der Waals surface area contributed by atoms with E-state index in [1.165, 1.54) is 10.7 Å². The van der Waals surface area contributed by atoms with E-state index in [0.717, 1.165) is 39.3 Å². The zero-order chi connectivity index (χ0) is 14.0. The molecule has 0 aliphatic carbocycles. The third-order valence-corrected chi connectivity index (χ3v) is 4.99. The normalized spacial score (nSPS) is 22.9. The maximum absolute atomic E-state index is 4.70. The number of hydrogen-bond donors (Lipinski definition) is 0. The van der Waals surface area contributed by atoms with Crippen molar-refractivity contribution >= 4 is 16.9 Å². The minimum absolute atomic E-state index is 0.280. The molecule has 1 fully saturated rings. The zero-order valence-corrected chi connectivity index (χ0v) is 13.1. The van der Waals surface area contributed by atoms with Crippen molar-refractivity contribution in [1.82, 2.24) is 14.8 Å². The molecule has 0 bridgehead atoms. The highest BCUT2D eigenvalue weighted by atomic mass is 32.2. The lowest BCUT2D eigenvalue weighted by Crippen LogP contribution is -2.47. The second-order valence-corrected chi connectivity index (χ2v) is 7.76. The number of thioether (sulfide) groups is 1. The molecular weight excluding hydrogens is 268 g/mol. The molecule has 1 saturated heterocycles. The second-order valence-electron chi connectivity index (χ2n) is 6.09. The van der Waals surface area contributed by atoms with E-state index in [-0.39, 0.29) is 4.75 Å². The summed E-state index contributed by atoms with van der Waals surface area (Å²) in [6, 6.07) is 4.16. The third kappa shape index (κ3) is 3.33. The molecule has 0 N–H and O–H groups in total. The Morgan fingerprint density at radius 3 is 2.65 bits per heavy atom. The summed E-state index contributed by atoms with van der Waals surface area (Å²) in [6.07, 6.45) is 3.80.